The van der Waals surface area contributed by atoms with Crippen LogP contribution in [0.1, 0.15) is 19.4 Å². The number of aromatic hydroxyl groups is 1. The van der Waals surface area contributed by atoms with Gasteiger partial charge in [0.25, 0.3) is 0 Å². The van der Waals surface area contributed by atoms with E-state index in [1.807, 2.05) is 12.1 Å². The van der Waals surface area contributed by atoms with Gasteiger partial charge in [-0.1, -0.05) is 30.3 Å². The lowest BCUT2D eigenvalue weighted by molar-refractivity contribution is 0.190. The molecular formula is C18H21NO2. The summed E-state index contributed by atoms with van der Waals surface area (Å²) in [6.07, 6.45) is 1.02. The second-order valence-electron chi connectivity index (χ2n) is 5.83. The molecule has 1 unspecified atom stereocenters. The second kappa shape index (κ2) is 5.68. The van der Waals surface area contributed by atoms with Gasteiger partial charge in [0.1, 0.15) is 17.6 Å². The van der Waals surface area contributed by atoms with Gasteiger partial charge in [0.15, 0.2) is 0 Å². The van der Waals surface area contributed by atoms with E-state index in [0.29, 0.717) is 6.04 Å². The highest BCUT2D eigenvalue weighted by Crippen LogP contribution is 2.37. The first-order valence-electron chi connectivity index (χ1n) is 7.43. The average Bonchev–Trinajstić information content (AvgIpc) is 2.48. The largest absolute Gasteiger partial charge is 0.508 e. The summed E-state index contributed by atoms with van der Waals surface area (Å²) in [4.78, 5) is 2.30. The predicted octanol–water partition coefficient (Wildman–Crippen LogP) is 3.61. The summed E-state index contributed by atoms with van der Waals surface area (Å²) in [6, 6.07) is 16.1. The standard InChI is InChI=1S/C18H21NO2/c1-13(2)19-12-16(10-14-6-4-3-5-7-14)21-18-9-8-15(20)11-17(18)19/h3-9,11,13,16,20H,10,12H2,1-2H3. The first-order chi connectivity index (χ1) is 10.1. The number of rotatable bonds is 3. The third-order valence-corrected chi connectivity index (χ3v) is 3.88. The summed E-state index contributed by atoms with van der Waals surface area (Å²) in [5.74, 6) is 1.14. The molecule has 21 heavy (non-hydrogen) atoms. The molecule has 0 saturated carbocycles. The van der Waals surface area contributed by atoms with Gasteiger partial charge in [-0.05, 0) is 31.5 Å². The number of hydrogen-bond acceptors (Lipinski definition) is 3. The Balaban J connectivity index is 1.86. The van der Waals surface area contributed by atoms with E-state index < -0.39 is 0 Å². The molecule has 1 atom stereocenters. The van der Waals surface area contributed by atoms with Gasteiger partial charge in [-0.3, -0.25) is 0 Å². The molecule has 1 heterocycles. The number of phenols is 1. The van der Waals surface area contributed by atoms with Gasteiger partial charge < -0.3 is 14.7 Å². The van der Waals surface area contributed by atoms with Crippen LogP contribution >= 0.6 is 0 Å². The van der Waals surface area contributed by atoms with Crippen molar-refractivity contribution in [3.05, 3.63) is 54.1 Å². The van der Waals surface area contributed by atoms with E-state index in [9.17, 15) is 5.11 Å². The fourth-order valence-corrected chi connectivity index (χ4v) is 2.84. The van der Waals surface area contributed by atoms with Crippen molar-refractivity contribution in [2.45, 2.75) is 32.4 Å². The van der Waals surface area contributed by atoms with E-state index >= 15 is 0 Å². The average molecular weight is 283 g/mol. The van der Waals surface area contributed by atoms with Crippen LogP contribution in [0, 0.1) is 0 Å². The maximum Gasteiger partial charge on any atom is 0.143 e. The third kappa shape index (κ3) is 2.97. The van der Waals surface area contributed by atoms with E-state index in [0.717, 1.165) is 24.4 Å². The highest BCUT2D eigenvalue weighted by atomic mass is 16.5. The molecule has 3 rings (SSSR count). The van der Waals surface area contributed by atoms with Crippen LogP contribution in [0.4, 0.5) is 5.69 Å². The first-order valence-corrected chi connectivity index (χ1v) is 7.43. The van der Waals surface area contributed by atoms with Gasteiger partial charge in [-0.15, -0.1) is 0 Å². The monoisotopic (exact) mass is 283 g/mol. The van der Waals surface area contributed by atoms with E-state index in [4.69, 9.17) is 4.74 Å². The zero-order chi connectivity index (χ0) is 14.8. The van der Waals surface area contributed by atoms with Crippen LogP contribution in [0.5, 0.6) is 11.5 Å². The molecule has 0 spiro atoms. The molecule has 2 aromatic carbocycles. The van der Waals surface area contributed by atoms with Crippen LogP contribution in [0.3, 0.4) is 0 Å². The van der Waals surface area contributed by atoms with Gasteiger partial charge in [-0.2, -0.15) is 0 Å². The van der Waals surface area contributed by atoms with Gasteiger partial charge in [0, 0.05) is 18.5 Å². The number of anilines is 1. The summed E-state index contributed by atoms with van der Waals surface area (Å²) in [6.45, 7) is 5.17. The Morgan fingerprint density at radius 3 is 2.67 bits per heavy atom. The molecule has 0 fully saturated rings. The molecule has 1 aliphatic rings. The highest BCUT2D eigenvalue weighted by Gasteiger charge is 2.27. The molecule has 3 heteroatoms. The third-order valence-electron chi connectivity index (χ3n) is 3.88. The van der Waals surface area contributed by atoms with Crippen molar-refractivity contribution < 1.29 is 9.84 Å². The summed E-state index contributed by atoms with van der Waals surface area (Å²) >= 11 is 0. The number of benzene rings is 2. The van der Waals surface area contributed by atoms with Crippen molar-refractivity contribution in [2.75, 3.05) is 11.4 Å². The number of nitrogens with zero attached hydrogens (tertiary/aromatic N) is 1. The maximum atomic E-state index is 9.71. The van der Waals surface area contributed by atoms with Crippen LogP contribution in [0.25, 0.3) is 0 Å². The van der Waals surface area contributed by atoms with Crippen LogP contribution in [-0.4, -0.2) is 23.8 Å². The second-order valence-corrected chi connectivity index (χ2v) is 5.83. The van der Waals surface area contributed by atoms with Crippen LogP contribution in [0.2, 0.25) is 0 Å². The molecule has 3 nitrogen and oxygen atoms in total. The SMILES string of the molecule is CC(C)N1CC(Cc2ccccc2)Oc2ccc(O)cc21. The van der Waals surface area contributed by atoms with E-state index in [2.05, 4.69) is 43.0 Å². The van der Waals surface area contributed by atoms with Gasteiger partial charge in [0.05, 0.1) is 12.2 Å². The number of ether oxygens (including phenoxy) is 1. The van der Waals surface area contributed by atoms with Crippen molar-refractivity contribution in [2.24, 2.45) is 0 Å². The molecule has 0 radical (unpaired) electrons. The molecule has 0 aromatic heterocycles. The molecule has 1 N–H and O–H groups in total. The minimum atomic E-state index is 0.131. The lowest BCUT2D eigenvalue weighted by atomic mass is 10.0. The zero-order valence-corrected chi connectivity index (χ0v) is 12.5. The van der Waals surface area contributed by atoms with Crippen LogP contribution < -0.4 is 9.64 Å². The topological polar surface area (TPSA) is 32.7 Å². The van der Waals surface area contributed by atoms with Crippen molar-refractivity contribution >= 4 is 5.69 Å². The zero-order valence-electron chi connectivity index (χ0n) is 12.5. The predicted molar refractivity (Wildman–Crippen MR) is 85.2 cm³/mol. The minimum Gasteiger partial charge on any atom is -0.508 e. The molecule has 0 amide bonds. The Bertz CT molecular complexity index is 610. The van der Waals surface area contributed by atoms with Gasteiger partial charge >= 0.3 is 0 Å². The Kier molecular flexibility index (Phi) is 3.74. The number of fused-ring (bicyclic) bond motifs is 1. The highest BCUT2D eigenvalue weighted by molar-refractivity contribution is 5.63. The lowest BCUT2D eigenvalue weighted by Crippen LogP contribution is -2.44. The first kappa shape index (κ1) is 13.8. The summed E-state index contributed by atoms with van der Waals surface area (Å²) in [5, 5.41) is 9.71. The minimum absolute atomic E-state index is 0.131. The van der Waals surface area contributed by atoms with Gasteiger partial charge in [0.2, 0.25) is 0 Å². The summed E-state index contributed by atoms with van der Waals surface area (Å²) in [7, 11) is 0. The fourth-order valence-electron chi connectivity index (χ4n) is 2.84. The number of phenolic OH excluding ortho intramolecular Hbond substituents is 1. The van der Waals surface area contributed by atoms with Crippen molar-refractivity contribution in [1.29, 1.82) is 0 Å². The van der Waals surface area contributed by atoms with Gasteiger partial charge in [-0.25, -0.2) is 0 Å². The Morgan fingerprint density at radius 1 is 1.19 bits per heavy atom. The van der Waals surface area contributed by atoms with Crippen molar-refractivity contribution in [3.8, 4) is 11.5 Å². The summed E-state index contributed by atoms with van der Waals surface area (Å²) in [5.41, 5.74) is 2.27. The lowest BCUT2D eigenvalue weighted by Gasteiger charge is -2.39. The normalized spacial score (nSPS) is 17.5. The van der Waals surface area contributed by atoms with Crippen LogP contribution in [0.15, 0.2) is 48.5 Å². The van der Waals surface area contributed by atoms with E-state index in [-0.39, 0.29) is 11.9 Å². The molecule has 0 bridgehead atoms. The van der Waals surface area contributed by atoms with Crippen LogP contribution in [-0.2, 0) is 6.42 Å². The quantitative estimate of drug-likeness (QED) is 0.934. The molecule has 110 valence electrons. The molecular weight excluding hydrogens is 262 g/mol. The molecule has 2 aromatic rings. The van der Waals surface area contributed by atoms with Crippen molar-refractivity contribution in [3.63, 3.8) is 0 Å². The Hall–Kier alpha value is -2.16. The molecule has 0 saturated heterocycles. The maximum absolute atomic E-state index is 9.71. The Morgan fingerprint density at radius 2 is 1.95 bits per heavy atom. The number of hydrogen-bond donors (Lipinski definition) is 1. The Labute approximate surface area is 125 Å². The summed E-state index contributed by atoms with van der Waals surface area (Å²) < 4.78 is 6.12. The van der Waals surface area contributed by atoms with Crippen molar-refractivity contribution in [1.82, 2.24) is 0 Å². The molecule has 0 aliphatic carbocycles. The fraction of sp³-hybridized carbons (Fsp3) is 0.333. The van der Waals surface area contributed by atoms with E-state index in [1.54, 1.807) is 12.1 Å². The van der Waals surface area contributed by atoms with E-state index in [1.165, 1.54) is 5.56 Å². The molecule has 1 aliphatic heterocycles. The smallest absolute Gasteiger partial charge is 0.143 e.